The summed E-state index contributed by atoms with van der Waals surface area (Å²) in [6, 6.07) is 9.24. The van der Waals surface area contributed by atoms with Crippen LogP contribution in [0.25, 0.3) is 10.1 Å². The second-order valence-corrected chi connectivity index (χ2v) is 10.5. The molecule has 0 radical (unpaired) electrons. The molecule has 0 aliphatic rings. The number of carbonyl (C=O) groups is 4. The highest BCUT2D eigenvalue weighted by Gasteiger charge is 2.13. The molecule has 43 heavy (non-hydrogen) atoms. The Morgan fingerprint density at radius 3 is 2.16 bits per heavy atom. The number of thiophene rings is 1. The number of carbonyl (C=O) groups excluding carboxylic acids is 4. The molecule has 1 heterocycles. The van der Waals surface area contributed by atoms with Gasteiger partial charge in [-0.1, -0.05) is 18.2 Å². The topological polar surface area (TPSA) is 163 Å². The van der Waals surface area contributed by atoms with E-state index in [1.165, 1.54) is 0 Å². The molecular formula is C29H44N4O9S. The average molecular weight is 625 g/mol. The maximum atomic E-state index is 12.1. The molecule has 0 saturated heterocycles. The number of fused-ring (bicyclic) bond motifs is 1. The quantitative estimate of drug-likeness (QED) is 0.0938. The minimum Gasteiger partial charge on any atom is -0.444 e. The molecule has 13 nitrogen and oxygen atoms in total. The number of unbranched alkanes of at least 4 members (excludes halogenated alkanes) is 1. The van der Waals surface area contributed by atoms with E-state index in [2.05, 4.69) is 21.3 Å². The first-order chi connectivity index (χ1) is 21.0. The first kappa shape index (κ1) is 36.1. The molecule has 240 valence electrons. The van der Waals surface area contributed by atoms with Gasteiger partial charge < -0.3 is 49.7 Å². The molecule has 0 saturated carbocycles. The predicted molar refractivity (Wildman–Crippen MR) is 162 cm³/mol. The Balaban J connectivity index is 1.38. The lowest BCUT2D eigenvalue weighted by Crippen LogP contribution is -2.36. The van der Waals surface area contributed by atoms with Gasteiger partial charge in [-0.25, -0.2) is 4.79 Å². The van der Waals surface area contributed by atoms with Gasteiger partial charge in [-0.3, -0.25) is 9.59 Å². The minimum atomic E-state index is -0.658. The van der Waals surface area contributed by atoms with E-state index in [1.54, 1.807) is 11.3 Å². The molecule has 1 aromatic heterocycles. The van der Waals surface area contributed by atoms with Crippen molar-refractivity contribution in [2.24, 2.45) is 0 Å². The lowest BCUT2D eigenvalue weighted by molar-refractivity contribution is -0.127. The fraction of sp³-hybridized carbons (Fsp3) is 0.586. The zero-order valence-electron chi connectivity index (χ0n) is 24.7. The molecule has 1 atom stereocenters. The van der Waals surface area contributed by atoms with Crippen molar-refractivity contribution < 1.29 is 42.9 Å². The van der Waals surface area contributed by atoms with Gasteiger partial charge in [0.25, 0.3) is 0 Å². The summed E-state index contributed by atoms with van der Waals surface area (Å²) in [5.41, 5.74) is 0. The number of alkyl carbamates (subject to hydrolysis) is 1. The Kier molecular flexibility index (Phi) is 19.6. The van der Waals surface area contributed by atoms with Crippen molar-refractivity contribution in [3.8, 4) is 0 Å². The van der Waals surface area contributed by atoms with E-state index >= 15 is 0 Å². The summed E-state index contributed by atoms with van der Waals surface area (Å²) in [5, 5.41) is 12.1. The van der Waals surface area contributed by atoms with Crippen LogP contribution in [0.5, 0.6) is 0 Å². The largest absolute Gasteiger partial charge is 0.444 e. The number of hydrogen-bond acceptors (Lipinski definition) is 11. The van der Waals surface area contributed by atoms with Crippen molar-refractivity contribution in [3.63, 3.8) is 0 Å². The number of rotatable bonds is 25. The van der Waals surface area contributed by atoms with Crippen LogP contribution in [0.1, 0.15) is 24.1 Å². The predicted octanol–water partition coefficient (Wildman–Crippen LogP) is 1.38. The van der Waals surface area contributed by atoms with E-state index in [1.807, 2.05) is 37.4 Å². The van der Waals surface area contributed by atoms with Gasteiger partial charge in [0, 0.05) is 29.2 Å². The first-order valence-corrected chi connectivity index (χ1v) is 15.2. The van der Waals surface area contributed by atoms with Crippen LogP contribution in [0.4, 0.5) is 4.79 Å². The van der Waals surface area contributed by atoms with E-state index < -0.39 is 12.1 Å². The van der Waals surface area contributed by atoms with Crippen LogP contribution >= 0.6 is 11.3 Å². The Bertz CT molecular complexity index is 1050. The van der Waals surface area contributed by atoms with Crippen LogP contribution in [-0.2, 0) is 44.7 Å². The lowest BCUT2D eigenvalue weighted by Gasteiger charge is -2.13. The third kappa shape index (κ3) is 17.5. The Morgan fingerprint density at radius 2 is 1.49 bits per heavy atom. The summed E-state index contributed by atoms with van der Waals surface area (Å²) in [6.07, 6.45) is 1.74. The van der Waals surface area contributed by atoms with Crippen molar-refractivity contribution >= 4 is 45.6 Å². The van der Waals surface area contributed by atoms with Gasteiger partial charge in [0.05, 0.1) is 45.7 Å². The second-order valence-electron chi connectivity index (χ2n) is 9.34. The minimum absolute atomic E-state index is 0.0365. The number of likely N-dealkylation sites (N-methyl/N-ethyl adjacent to an activating group) is 1. The van der Waals surface area contributed by atoms with Crippen molar-refractivity contribution in [2.75, 3.05) is 79.5 Å². The molecule has 0 aliphatic heterocycles. The molecule has 14 heteroatoms. The molecule has 0 fully saturated rings. The van der Waals surface area contributed by atoms with Gasteiger partial charge in [-0.05, 0) is 43.8 Å². The number of amides is 3. The van der Waals surface area contributed by atoms with Crippen LogP contribution in [0.2, 0.25) is 0 Å². The van der Waals surface area contributed by atoms with Gasteiger partial charge in [-0.15, -0.1) is 11.3 Å². The molecule has 1 aromatic carbocycles. The number of aldehydes is 1. The molecule has 3 amide bonds. The molecule has 0 spiro atoms. The van der Waals surface area contributed by atoms with Gasteiger partial charge in [0.2, 0.25) is 11.8 Å². The zero-order valence-corrected chi connectivity index (χ0v) is 25.5. The number of benzene rings is 1. The van der Waals surface area contributed by atoms with Crippen molar-refractivity contribution in [1.82, 2.24) is 21.3 Å². The molecule has 0 aliphatic carbocycles. The summed E-state index contributed by atoms with van der Waals surface area (Å²) in [4.78, 5) is 47.9. The van der Waals surface area contributed by atoms with Crippen LogP contribution in [0.3, 0.4) is 0 Å². The standard InChI is InChI=1S/C29H44N4O9S/c1-30-10-12-38-14-16-41-22-28(36)32-11-13-39-15-17-40-21-27(35)31-9-5-4-7-24(19-34)33-29(37)42-20-25-18-23-6-2-3-8-26(23)43-25/h2-3,6,8,18-19,24,30H,4-5,7,9-17,20-22H2,1H3,(H,31,35)(H,32,36)(H,33,37)/t24-/m0/s1. The number of ether oxygens (including phenoxy) is 5. The molecule has 0 unspecified atom stereocenters. The molecular weight excluding hydrogens is 580 g/mol. The highest BCUT2D eigenvalue weighted by molar-refractivity contribution is 7.19. The summed E-state index contributed by atoms with van der Waals surface area (Å²) in [6.45, 7) is 3.76. The highest BCUT2D eigenvalue weighted by Crippen LogP contribution is 2.25. The van der Waals surface area contributed by atoms with Gasteiger partial charge >= 0.3 is 6.09 Å². The van der Waals surface area contributed by atoms with Gasteiger partial charge in [0.1, 0.15) is 26.1 Å². The first-order valence-electron chi connectivity index (χ1n) is 14.4. The van der Waals surface area contributed by atoms with Gasteiger partial charge in [0.15, 0.2) is 0 Å². The lowest BCUT2D eigenvalue weighted by atomic mass is 10.1. The van der Waals surface area contributed by atoms with Crippen molar-refractivity contribution in [1.29, 1.82) is 0 Å². The van der Waals surface area contributed by atoms with Crippen LogP contribution in [0.15, 0.2) is 30.3 Å². The van der Waals surface area contributed by atoms with Crippen LogP contribution < -0.4 is 21.3 Å². The summed E-state index contributed by atoms with van der Waals surface area (Å²) >= 11 is 1.56. The second kappa shape index (κ2) is 23.3. The fourth-order valence-electron chi connectivity index (χ4n) is 3.64. The summed E-state index contributed by atoms with van der Waals surface area (Å²) in [7, 11) is 1.84. The fourth-order valence-corrected chi connectivity index (χ4v) is 4.62. The number of nitrogens with one attached hydrogen (secondary N) is 4. The maximum Gasteiger partial charge on any atom is 0.408 e. The summed E-state index contributed by atoms with van der Waals surface area (Å²) in [5.74, 6) is -0.486. The third-order valence-electron chi connectivity index (χ3n) is 5.83. The van der Waals surface area contributed by atoms with E-state index in [4.69, 9.17) is 23.7 Å². The normalized spacial score (nSPS) is 11.7. The monoisotopic (exact) mass is 624 g/mol. The van der Waals surface area contributed by atoms with Gasteiger partial charge in [-0.2, -0.15) is 0 Å². The molecule has 4 N–H and O–H groups in total. The molecule has 0 bridgehead atoms. The summed E-state index contributed by atoms with van der Waals surface area (Å²) < 4.78 is 27.5. The van der Waals surface area contributed by atoms with Crippen LogP contribution in [-0.4, -0.2) is 110 Å². The Labute approximate surface area is 256 Å². The average Bonchev–Trinajstić information content (AvgIpc) is 3.43. The highest BCUT2D eigenvalue weighted by atomic mass is 32.1. The Morgan fingerprint density at radius 1 is 0.837 bits per heavy atom. The van der Waals surface area contributed by atoms with E-state index in [-0.39, 0.29) is 44.8 Å². The van der Waals surface area contributed by atoms with E-state index in [0.29, 0.717) is 65.1 Å². The van der Waals surface area contributed by atoms with Crippen molar-refractivity contribution in [3.05, 3.63) is 35.2 Å². The van der Waals surface area contributed by atoms with E-state index in [0.717, 1.165) is 21.5 Å². The number of hydrogen-bond donors (Lipinski definition) is 4. The smallest absolute Gasteiger partial charge is 0.408 e. The zero-order chi connectivity index (χ0) is 31.0. The third-order valence-corrected chi connectivity index (χ3v) is 6.92. The maximum absolute atomic E-state index is 12.1. The SMILES string of the molecule is CNCCOCCOCC(=O)NCCOCCOCC(=O)NCCCC[C@@H](C=O)NC(=O)OCc1cc2ccccc2s1. The molecule has 2 rings (SSSR count). The van der Waals surface area contributed by atoms with Crippen molar-refractivity contribution in [2.45, 2.75) is 31.9 Å². The van der Waals surface area contributed by atoms with Crippen LogP contribution in [0, 0.1) is 0 Å². The molecule has 2 aromatic rings. The Hall–Kier alpha value is -3.14. The van der Waals surface area contributed by atoms with E-state index in [9.17, 15) is 19.2 Å².